The normalized spacial score (nSPS) is 45.0. The van der Waals surface area contributed by atoms with Gasteiger partial charge in [-0.3, -0.25) is 0 Å². The van der Waals surface area contributed by atoms with Crippen molar-refractivity contribution in [3.05, 3.63) is 0 Å². The van der Waals surface area contributed by atoms with E-state index < -0.39 is 11.8 Å². The second-order valence-electron chi connectivity index (χ2n) is 5.44. The van der Waals surface area contributed by atoms with Gasteiger partial charge in [-0.25, -0.2) is 0 Å². The largest absolute Gasteiger partial charge is 0.417 e. The van der Waals surface area contributed by atoms with E-state index >= 15 is 0 Å². The van der Waals surface area contributed by atoms with E-state index in [9.17, 15) is 13.2 Å². The van der Waals surface area contributed by atoms with Crippen LogP contribution in [-0.2, 0) is 9.47 Å². The van der Waals surface area contributed by atoms with Gasteiger partial charge < -0.3 is 9.47 Å². The van der Waals surface area contributed by atoms with Crippen LogP contribution in [0.25, 0.3) is 0 Å². The summed E-state index contributed by atoms with van der Waals surface area (Å²) in [4.78, 5) is 0. The minimum absolute atomic E-state index is 0.0830. The quantitative estimate of drug-likeness (QED) is 0.686. The minimum atomic E-state index is -4.20. The third-order valence-electron chi connectivity index (χ3n) is 4.53. The topological polar surface area (TPSA) is 18.5 Å². The lowest BCUT2D eigenvalue weighted by atomic mass is 9.70. The fourth-order valence-corrected chi connectivity index (χ4v) is 3.72. The van der Waals surface area contributed by atoms with E-state index in [1.807, 2.05) is 0 Å². The van der Waals surface area contributed by atoms with Crippen molar-refractivity contribution >= 4 is 11.6 Å². The van der Waals surface area contributed by atoms with Gasteiger partial charge in [0.25, 0.3) is 0 Å². The van der Waals surface area contributed by atoms with Crippen molar-refractivity contribution in [2.45, 2.75) is 44.1 Å². The van der Waals surface area contributed by atoms with E-state index in [1.54, 1.807) is 7.11 Å². The Morgan fingerprint density at radius 2 is 1.89 bits per heavy atom. The fourth-order valence-electron chi connectivity index (χ4n) is 3.72. The van der Waals surface area contributed by atoms with Crippen LogP contribution in [0.2, 0.25) is 0 Å². The van der Waals surface area contributed by atoms with E-state index in [4.69, 9.17) is 16.3 Å². The first-order chi connectivity index (χ1) is 8.35. The van der Waals surface area contributed by atoms with E-state index in [-0.39, 0.29) is 17.9 Å². The van der Waals surface area contributed by atoms with Crippen LogP contribution in [0.3, 0.4) is 0 Å². The molecule has 6 heteroatoms. The van der Waals surface area contributed by atoms with Gasteiger partial charge in [0.15, 0.2) is 5.60 Å². The fraction of sp³-hybridized carbons (Fsp3) is 1.00. The second kappa shape index (κ2) is 4.84. The molecule has 3 rings (SSSR count). The molecule has 2 bridgehead atoms. The summed E-state index contributed by atoms with van der Waals surface area (Å²) in [6, 6.07) is 0.292. The number of halogens is 4. The highest BCUT2D eigenvalue weighted by Gasteiger charge is 2.73. The Morgan fingerprint density at radius 1 is 1.33 bits per heavy atom. The SMILES string of the molecule is CC1(C(F)(F)F)OC2C3CCC(C3)C21.COCCl. The van der Waals surface area contributed by atoms with Crippen molar-refractivity contribution in [1.82, 2.24) is 0 Å². The molecule has 5 unspecified atom stereocenters. The number of methoxy groups -OCH3 is 1. The Balaban J connectivity index is 0.000000267. The molecule has 3 aliphatic rings. The molecule has 0 aromatic heterocycles. The summed E-state index contributed by atoms with van der Waals surface area (Å²) in [5.41, 5.74) is -1.84. The molecule has 0 aromatic rings. The zero-order valence-electron chi connectivity index (χ0n) is 10.5. The standard InChI is InChI=1S/C10H13F3O.C2H5ClO/c1-9(10(11,12)13)7-5-2-3-6(4-5)8(7)14-9;1-4-2-3/h5-8H,2-4H2,1H3;2H2,1H3. The summed E-state index contributed by atoms with van der Waals surface area (Å²) in [5.74, 6) is 0.437. The van der Waals surface area contributed by atoms with Crippen LogP contribution in [0.4, 0.5) is 13.2 Å². The van der Waals surface area contributed by atoms with Gasteiger partial charge in [0, 0.05) is 13.0 Å². The monoisotopic (exact) mass is 286 g/mol. The Bertz CT molecular complexity index is 306. The molecule has 3 fully saturated rings. The second-order valence-corrected chi connectivity index (χ2v) is 5.66. The predicted molar refractivity (Wildman–Crippen MR) is 61.4 cm³/mol. The molecule has 2 saturated carbocycles. The van der Waals surface area contributed by atoms with Crippen LogP contribution < -0.4 is 0 Å². The van der Waals surface area contributed by atoms with Crippen molar-refractivity contribution in [2.75, 3.05) is 13.2 Å². The van der Waals surface area contributed by atoms with E-state index in [0.717, 1.165) is 19.3 Å². The molecule has 1 saturated heterocycles. The molecule has 2 nitrogen and oxygen atoms in total. The molecule has 1 heterocycles. The highest BCUT2D eigenvalue weighted by atomic mass is 35.5. The molecule has 1 aliphatic heterocycles. The van der Waals surface area contributed by atoms with E-state index in [0.29, 0.717) is 12.0 Å². The summed E-state index contributed by atoms with van der Waals surface area (Å²) in [6.07, 6.45) is -1.28. The average Bonchev–Trinajstić information content (AvgIpc) is 2.83. The summed E-state index contributed by atoms with van der Waals surface area (Å²) in [5, 5.41) is 0. The number of hydrogen-bond acceptors (Lipinski definition) is 2. The first kappa shape index (κ1) is 14.4. The molecule has 2 aliphatic carbocycles. The molecular weight excluding hydrogens is 269 g/mol. The van der Waals surface area contributed by atoms with Crippen molar-refractivity contribution < 1.29 is 22.6 Å². The summed E-state index contributed by atoms with van der Waals surface area (Å²) < 4.78 is 47.6. The van der Waals surface area contributed by atoms with Crippen LogP contribution in [0.1, 0.15) is 26.2 Å². The number of fused-ring (bicyclic) bond motifs is 5. The molecule has 18 heavy (non-hydrogen) atoms. The molecule has 0 N–H and O–H groups in total. The molecule has 0 radical (unpaired) electrons. The van der Waals surface area contributed by atoms with Gasteiger partial charge in [0.05, 0.1) is 6.10 Å². The highest BCUT2D eigenvalue weighted by molar-refractivity contribution is 6.17. The third kappa shape index (κ3) is 2.04. The van der Waals surface area contributed by atoms with Crippen molar-refractivity contribution in [1.29, 1.82) is 0 Å². The van der Waals surface area contributed by atoms with Gasteiger partial charge in [0.2, 0.25) is 0 Å². The smallest absolute Gasteiger partial charge is 0.369 e. The molecular formula is C12H18ClF3O2. The van der Waals surface area contributed by atoms with Gasteiger partial charge >= 0.3 is 6.18 Å². The Kier molecular flexibility index (Phi) is 3.87. The number of rotatable bonds is 1. The Morgan fingerprint density at radius 3 is 2.33 bits per heavy atom. The first-order valence-corrected chi connectivity index (χ1v) is 6.68. The van der Waals surface area contributed by atoms with Crippen LogP contribution in [0, 0.1) is 17.8 Å². The zero-order chi connectivity index (χ0) is 13.6. The lowest BCUT2D eigenvalue weighted by Gasteiger charge is -2.55. The van der Waals surface area contributed by atoms with Gasteiger partial charge in [-0.1, -0.05) is 11.6 Å². The summed E-state index contributed by atoms with van der Waals surface area (Å²) in [7, 11) is 1.55. The van der Waals surface area contributed by atoms with Gasteiger partial charge in [0.1, 0.15) is 6.07 Å². The van der Waals surface area contributed by atoms with Crippen LogP contribution >= 0.6 is 11.6 Å². The zero-order valence-corrected chi connectivity index (χ0v) is 11.2. The number of ether oxygens (including phenoxy) is 2. The predicted octanol–water partition coefficient (Wildman–Crippen LogP) is 3.58. The molecule has 0 aromatic carbocycles. The van der Waals surface area contributed by atoms with Crippen LogP contribution in [0.5, 0.6) is 0 Å². The first-order valence-electron chi connectivity index (χ1n) is 6.14. The maximum atomic E-state index is 12.7. The molecule has 106 valence electrons. The molecule has 0 spiro atoms. The van der Waals surface area contributed by atoms with Crippen molar-refractivity contribution in [3.63, 3.8) is 0 Å². The average molecular weight is 287 g/mol. The summed E-state index contributed by atoms with van der Waals surface area (Å²) >= 11 is 4.96. The Hall–Kier alpha value is 0. The van der Waals surface area contributed by atoms with Crippen molar-refractivity contribution in [3.8, 4) is 0 Å². The summed E-state index contributed by atoms with van der Waals surface area (Å²) in [6.45, 7) is 1.22. The van der Waals surface area contributed by atoms with Gasteiger partial charge in [-0.15, -0.1) is 0 Å². The van der Waals surface area contributed by atoms with Crippen LogP contribution in [-0.4, -0.2) is 31.1 Å². The molecule has 5 atom stereocenters. The third-order valence-corrected chi connectivity index (χ3v) is 4.75. The van der Waals surface area contributed by atoms with Gasteiger partial charge in [-0.2, -0.15) is 13.2 Å². The maximum absolute atomic E-state index is 12.7. The van der Waals surface area contributed by atoms with E-state index in [2.05, 4.69) is 4.74 Å². The highest BCUT2D eigenvalue weighted by Crippen LogP contribution is 2.64. The number of hydrogen-bond donors (Lipinski definition) is 0. The molecule has 0 amide bonds. The van der Waals surface area contributed by atoms with Gasteiger partial charge in [-0.05, 0) is 38.0 Å². The Labute approximate surface area is 110 Å². The minimum Gasteiger partial charge on any atom is -0.369 e. The van der Waals surface area contributed by atoms with Crippen molar-refractivity contribution in [2.24, 2.45) is 17.8 Å². The lowest BCUT2D eigenvalue weighted by Crippen LogP contribution is -2.67. The van der Waals surface area contributed by atoms with Crippen LogP contribution in [0.15, 0.2) is 0 Å². The number of alkyl halides is 4. The maximum Gasteiger partial charge on any atom is 0.417 e. The lowest BCUT2D eigenvalue weighted by molar-refractivity contribution is -0.384. The van der Waals surface area contributed by atoms with E-state index in [1.165, 1.54) is 6.92 Å².